The van der Waals surface area contributed by atoms with E-state index in [0.717, 1.165) is 25.2 Å². The normalized spacial score (nSPS) is 12.3. The van der Waals surface area contributed by atoms with E-state index in [1.165, 1.54) is 38.5 Å². The van der Waals surface area contributed by atoms with Crippen LogP contribution in [0, 0.1) is 0 Å². The van der Waals surface area contributed by atoms with Crippen LogP contribution in [-0.2, 0) is 0 Å². The number of nitrogens with zero attached hydrogens (tertiary/aromatic N) is 2. The van der Waals surface area contributed by atoms with E-state index in [1.54, 1.807) is 18.2 Å². The van der Waals surface area contributed by atoms with Gasteiger partial charge < -0.3 is 10.2 Å². The number of unbranched alkanes of at least 4 members (excludes halogenated alkanes) is 4. The van der Waals surface area contributed by atoms with E-state index in [9.17, 15) is 4.79 Å². The Balaban J connectivity index is 1.93. The molecule has 2 aromatic rings. The second-order valence-corrected chi connectivity index (χ2v) is 8.70. The number of aromatic nitrogens is 2. The molecule has 166 valence electrons. The van der Waals surface area contributed by atoms with E-state index < -0.39 is 0 Å². The highest BCUT2D eigenvalue weighted by Crippen LogP contribution is 2.27. The minimum absolute atomic E-state index is 0.0532. The third-order valence-electron chi connectivity index (χ3n) is 5.10. The quantitative estimate of drug-likeness (QED) is 0.356. The number of nitrogens with one attached hydrogen (secondary N) is 2. The highest BCUT2D eigenvalue weighted by atomic mass is 35.5. The molecule has 0 radical (unpaired) electrons. The van der Waals surface area contributed by atoms with Crippen molar-refractivity contribution >= 4 is 29.1 Å². The summed E-state index contributed by atoms with van der Waals surface area (Å²) in [6.45, 7) is 9.53. The molecule has 0 spiro atoms. The van der Waals surface area contributed by atoms with Crippen molar-refractivity contribution in [1.82, 2.24) is 20.4 Å². The largest absolute Gasteiger partial charge is 0.347 e. The zero-order valence-corrected chi connectivity index (χ0v) is 19.8. The third kappa shape index (κ3) is 7.93. The van der Waals surface area contributed by atoms with Crippen molar-refractivity contribution in [2.75, 3.05) is 19.6 Å². The predicted molar refractivity (Wildman–Crippen MR) is 126 cm³/mol. The van der Waals surface area contributed by atoms with Gasteiger partial charge in [-0.1, -0.05) is 68.8 Å². The van der Waals surface area contributed by atoms with Crippen LogP contribution in [0.2, 0.25) is 10.0 Å². The number of hydrogen-bond donors (Lipinski definition) is 2. The Morgan fingerprint density at radius 3 is 2.33 bits per heavy atom. The topological polar surface area (TPSA) is 61.0 Å². The highest BCUT2D eigenvalue weighted by molar-refractivity contribution is 6.42. The Morgan fingerprint density at radius 1 is 1.07 bits per heavy atom. The maximum atomic E-state index is 12.7. The van der Waals surface area contributed by atoms with Gasteiger partial charge in [-0.15, -0.1) is 0 Å². The molecule has 0 aliphatic heterocycles. The van der Waals surface area contributed by atoms with Crippen LogP contribution in [0.15, 0.2) is 24.3 Å². The van der Waals surface area contributed by atoms with Crippen LogP contribution in [0.4, 0.5) is 0 Å². The fourth-order valence-electron chi connectivity index (χ4n) is 3.44. The fourth-order valence-corrected chi connectivity index (χ4v) is 3.74. The predicted octanol–water partition coefficient (Wildman–Crippen LogP) is 6.18. The summed E-state index contributed by atoms with van der Waals surface area (Å²) in [6.07, 6.45) is 7.34. The molecule has 1 atom stereocenters. The Hall–Kier alpha value is -1.56. The molecule has 2 rings (SSSR count). The van der Waals surface area contributed by atoms with Gasteiger partial charge in [-0.05, 0) is 51.1 Å². The van der Waals surface area contributed by atoms with Gasteiger partial charge >= 0.3 is 0 Å². The molecule has 0 saturated carbocycles. The van der Waals surface area contributed by atoms with E-state index in [0.29, 0.717) is 21.4 Å². The fraction of sp³-hybridized carbons (Fsp3) is 0.565. The Kier molecular flexibility index (Phi) is 10.7. The summed E-state index contributed by atoms with van der Waals surface area (Å²) in [6, 6.07) is 7.09. The number of aromatic amines is 1. The summed E-state index contributed by atoms with van der Waals surface area (Å²) in [4.78, 5) is 15.2. The van der Waals surface area contributed by atoms with Gasteiger partial charge in [-0.25, -0.2) is 0 Å². The summed E-state index contributed by atoms with van der Waals surface area (Å²) in [7, 11) is 0. The van der Waals surface area contributed by atoms with Crippen LogP contribution in [0.1, 0.15) is 69.8 Å². The first-order chi connectivity index (χ1) is 14.4. The van der Waals surface area contributed by atoms with Gasteiger partial charge in [-0.3, -0.25) is 9.89 Å². The molecule has 30 heavy (non-hydrogen) atoms. The smallest absolute Gasteiger partial charge is 0.269 e. The lowest BCUT2D eigenvalue weighted by Crippen LogP contribution is -2.42. The van der Waals surface area contributed by atoms with Crippen LogP contribution >= 0.6 is 23.2 Å². The monoisotopic (exact) mass is 452 g/mol. The Bertz CT molecular complexity index is 783. The number of halogens is 2. The van der Waals surface area contributed by atoms with E-state index in [4.69, 9.17) is 23.2 Å². The summed E-state index contributed by atoms with van der Waals surface area (Å²) in [5, 5.41) is 11.1. The van der Waals surface area contributed by atoms with Crippen molar-refractivity contribution < 1.29 is 4.79 Å². The van der Waals surface area contributed by atoms with Crippen LogP contribution in [0.25, 0.3) is 11.3 Å². The van der Waals surface area contributed by atoms with E-state index in [2.05, 4.69) is 41.2 Å². The molecule has 2 N–H and O–H groups in total. The molecule has 1 unspecified atom stereocenters. The van der Waals surface area contributed by atoms with Crippen LogP contribution < -0.4 is 5.32 Å². The maximum Gasteiger partial charge on any atom is 0.269 e. The number of carbonyl (C=O) groups excluding carboxylic acids is 1. The van der Waals surface area contributed by atoms with Crippen molar-refractivity contribution in [2.45, 2.75) is 65.3 Å². The molecule has 0 aliphatic rings. The molecule has 0 aliphatic carbocycles. The molecular formula is C23H34Cl2N4O. The van der Waals surface area contributed by atoms with Crippen LogP contribution in [0.5, 0.6) is 0 Å². The Labute approximate surface area is 190 Å². The first-order valence-corrected chi connectivity index (χ1v) is 11.7. The van der Waals surface area contributed by atoms with E-state index in [-0.39, 0.29) is 11.9 Å². The van der Waals surface area contributed by atoms with Crippen LogP contribution in [0.3, 0.4) is 0 Å². The summed E-state index contributed by atoms with van der Waals surface area (Å²) < 4.78 is 0. The van der Waals surface area contributed by atoms with Crippen molar-refractivity contribution in [1.29, 1.82) is 0 Å². The number of amides is 1. The molecule has 0 bridgehead atoms. The Morgan fingerprint density at radius 2 is 1.73 bits per heavy atom. The maximum absolute atomic E-state index is 12.7. The second kappa shape index (κ2) is 13.0. The highest BCUT2D eigenvalue weighted by Gasteiger charge is 2.16. The summed E-state index contributed by atoms with van der Waals surface area (Å²) in [5.41, 5.74) is 1.91. The molecule has 1 amide bonds. The molecule has 0 fully saturated rings. The van der Waals surface area contributed by atoms with E-state index >= 15 is 0 Å². The van der Waals surface area contributed by atoms with Crippen molar-refractivity contribution in [3.8, 4) is 11.3 Å². The van der Waals surface area contributed by atoms with Gasteiger partial charge in [0.25, 0.3) is 5.91 Å². The van der Waals surface area contributed by atoms with Gasteiger partial charge in [0, 0.05) is 18.2 Å². The molecule has 5 nitrogen and oxygen atoms in total. The molecule has 1 aromatic heterocycles. The van der Waals surface area contributed by atoms with Gasteiger partial charge in [-0.2, -0.15) is 5.10 Å². The number of benzene rings is 1. The SMILES string of the molecule is CCCCCN(CCCCC)CC(C)NC(=O)c1cc(-c2ccc(Cl)c(Cl)c2)n[nH]1. The minimum Gasteiger partial charge on any atom is -0.347 e. The second-order valence-electron chi connectivity index (χ2n) is 7.89. The molecule has 1 heterocycles. The van der Waals surface area contributed by atoms with Gasteiger partial charge in [0.15, 0.2) is 0 Å². The summed E-state index contributed by atoms with van der Waals surface area (Å²) in [5.74, 6) is -0.150. The van der Waals surface area contributed by atoms with Crippen molar-refractivity contribution in [2.24, 2.45) is 0 Å². The lowest BCUT2D eigenvalue weighted by Gasteiger charge is -2.26. The average molecular weight is 453 g/mol. The number of H-pyrrole nitrogens is 1. The average Bonchev–Trinajstić information content (AvgIpc) is 3.20. The first kappa shape index (κ1) is 24.7. The molecule has 1 aromatic carbocycles. The number of rotatable bonds is 13. The van der Waals surface area contributed by atoms with Crippen molar-refractivity contribution in [3.63, 3.8) is 0 Å². The van der Waals surface area contributed by atoms with E-state index in [1.807, 2.05) is 6.07 Å². The number of carbonyl (C=O) groups is 1. The molecule has 7 heteroatoms. The zero-order chi connectivity index (χ0) is 21.9. The van der Waals surface area contributed by atoms with Crippen LogP contribution in [-0.4, -0.2) is 46.7 Å². The standard InChI is InChI=1S/C23H34Cl2N4O/c1-4-6-8-12-29(13-9-7-5-2)16-17(3)26-23(30)22-15-21(27-28-22)18-10-11-19(24)20(25)14-18/h10-11,14-15,17H,4-9,12-13,16H2,1-3H3,(H,26,30)(H,27,28). The first-order valence-electron chi connectivity index (χ1n) is 11.0. The third-order valence-corrected chi connectivity index (χ3v) is 5.84. The summed E-state index contributed by atoms with van der Waals surface area (Å²) >= 11 is 12.1. The lowest BCUT2D eigenvalue weighted by molar-refractivity contribution is 0.0923. The van der Waals surface area contributed by atoms with Gasteiger partial charge in [0.2, 0.25) is 0 Å². The van der Waals surface area contributed by atoms with Gasteiger partial charge in [0.1, 0.15) is 5.69 Å². The minimum atomic E-state index is -0.150. The van der Waals surface area contributed by atoms with Crippen molar-refractivity contribution in [3.05, 3.63) is 40.0 Å². The zero-order valence-electron chi connectivity index (χ0n) is 18.3. The molecule has 0 saturated heterocycles. The molecular weight excluding hydrogens is 419 g/mol. The number of hydrogen-bond acceptors (Lipinski definition) is 3. The van der Waals surface area contributed by atoms with Gasteiger partial charge in [0.05, 0.1) is 15.7 Å². The lowest BCUT2D eigenvalue weighted by atomic mass is 10.1.